The second kappa shape index (κ2) is 14.5. The van der Waals surface area contributed by atoms with Crippen LogP contribution in [0.15, 0.2) is 35.5 Å². The number of hydrogen-bond acceptors (Lipinski definition) is 7. The predicted molar refractivity (Wildman–Crippen MR) is 141 cm³/mol. The van der Waals surface area contributed by atoms with Crippen molar-refractivity contribution in [1.29, 1.82) is 0 Å². The highest BCUT2D eigenvalue weighted by Gasteiger charge is 2.24. The maximum atomic E-state index is 12.4. The summed E-state index contributed by atoms with van der Waals surface area (Å²) in [5, 5.41) is 6.95. The number of carbonyl (C=O) groups is 2. The van der Waals surface area contributed by atoms with Crippen LogP contribution in [0.25, 0.3) is 0 Å². The minimum absolute atomic E-state index is 0. The molecule has 0 spiro atoms. The van der Waals surface area contributed by atoms with Gasteiger partial charge in [-0.2, -0.15) is 5.10 Å². The van der Waals surface area contributed by atoms with Crippen LogP contribution in [-0.2, 0) is 25.6 Å². The van der Waals surface area contributed by atoms with Gasteiger partial charge in [-0.05, 0) is 44.4 Å². The minimum atomic E-state index is -0.386. The summed E-state index contributed by atoms with van der Waals surface area (Å²) in [5.74, 6) is 1.09. The second-order valence-electron chi connectivity index (χ2n) is 9.58. The van der Waals surface area contributed by atoms with Crippen molar-refractivity contribution in [2.24, 2.45) is 5.92 Å². The van der Waals surface area contributed by atoms with E-state index in [-0.39, 0.29) is 31.3 Å². The molecule has 0 aromatic carbocycles. The number of aromatic amines is 1. The van der Waals surface area contributed by atoms with Crippen LogP contribution in [0.2, 0.25) is 0 Å². The van der Waals surface area contributed by atoms with E-state index in [1.807, 2.05) is 0 Å². The van der Waals surface area contributed by atoms with Crippen molar-refractivity contribution in [3.05, 3.63) is 40.9 Å². The third-order valence-electron chi connectivity index (χ3n) is 6.56. The van der Waals surface area contributed by atoms with E-state index >= 15 is 0 Å². The summed E-state index contributed by atoms with van der Waals surface area (Å²) in [4.78, 5) is 39.4. The molecule has 37 heavy (non-hydrogen) atoms. The summed E-state index contributed by atoms with van der Waals surface area (Å²) in [7, 11) is 3.28. The van der Waals surface area contributed by atoms with Gasteiger partial charge >= 0.3 is 0 Å². The first kappa shape index (κ1) is 28.4. The fraction of sp³-hybridized carbons (Fsp3) is 0.615. The molecule has 2 aromatic rings. The summed E-state index contributed by atoms with van der Waals surface area (Å²) in [5.41, 5.74) is 0.524. The van der Waals surface area contributed by atoms with Crippen molar-refractivity contribution < 1.29 is 25.2 Å². The van der Waals surface area contributed by atoms with Crippen LogP contribution in [0.4, 0.5) is 5.69 Å². The lowest BCUT2D eigenvalue weighted by Crippen LogP contribution is -2.34. The van der Waals surface area contributed by atoms with Crippen LogP contribution in [0.5, 0.6) is 5.88 Å². The second-order valence-corrected chi connectivity index (χ2v) is 9.58. The Morgan fingerprint density at radius 2 is 2.08 bits per heavy atom. The average Bonchev–Trinajstić information content (AvgIpc) is 3.58. The topological polar surface area (TPSA) is 128 Å². The fourth-order valence-electron chi connectivity index (χ4n) is 4.20. The molecule has 11 heteroatoms. The predicted octanol–water partition coefficient (Wildman–Crippen LogP) is 2.68. The molecule has 0 unspecified atom stereocenters. The standard InChI is InChI=1S/C20H32N4O4.C6H7NO2.H2/c1-15-5-7-17(8-6-15)27-11-9-23(2)19(25)14-24-13-16(12-21-24)22-20(26)18-4-3-10-28-18;1-9-6-4-5(8)2-3-7-6;/h12-13,15,17-18H,3-11,14H2,1-2H3,(H,22,26);2-4H,1H3,(H,7,8);1H/t15?,17?,18-;;/m1../s1. The number of ether oxygens (including phenoxy) is 3. The third-order valence-corrected chi connectivity index (χ3v) is 6.56. The molecule has 0 bridgehead atoms. The fourth-order valence-corrected chi connectivity index (χ4v) is 4.20. The Hall–Kier alpha value is -3.18. The summed E-state index contributed by atoms with van der Waals surface area (Å²) in [6.45, 7) is 4.17. The number of amides is 2. The lowest BCUT2D eigenvalue weighted by atomic mass is 9.89. The van der Waals surface area contributed by atoms with Crippen LogP contribution in [0.1, 0.15) is 46.9 Å². The molecule has 3 heterocycles. The Morgan fingerprint density at radius 3 is 2.73 bits per heavy atom. The molecular formula is C26H41N5O6. The van der Waals surface area contributed by atoms with E-state index in [2.05, 4.69) is 22.3 Å². The molecule has 2 fully saturated rings. The molecule has 2 N–H and O–H groups in total. The Labute approximate surface area is 218 Å². The Balaban J connectivity index is 0.000000430. The van der Waals surface area contributed by atoms with E-state index in [1.165, 1.54) is 36.8 Å². The van der Waals surface area contributed by atoms with E-state index in [1.54, 1.807) is 30.5 Å². The van der Waals surface area contributed by atoms with E-state index in [0.717, 1.165) is 31.6 Å². The third kappa shape index (κ3) is 9.66. The van der Waals surface area contributed by atoms with Gasteiger partial charge in [0.1, 0.15) is 12.6 Å². The van der Waals surface area contributed by atoms with E-state index in [9.17, 15) is 14.4 Å². The number of aromatic nitrogens is 3. The van der Waals surface area contributed by atoms with Crippen LogP contribution < -0.4 is 15.5 Å². The lowest BCUT2D eigenvalue weighted by Gasteiger charge is -2.27. The van der Waals surface area contributed by atoms with Gasteiger partial charge < -0.3 is 29.4 Å². The van der Waals surface area contributed by atoms with Gasteiger partial charge in [0.05, 0.1) is 31.7 Å². The van der Waals surface area contributed by atoms with Crippen molar-refractivity contribution in [3.8, 4) is 5.88 Å². The average molecular weight is 520 g/mol. The molecule has 1 aliphatic carbocycles. The van der Waals surface area contributed by atoms with Crippen molar-refractivity contribution in [3.63, 3.8) is 0 Å². The molecule has 2 aromatic heterocycles. The number of carbonyl (C=O) groups excluding carboxylic acids is 2. The number of H-pyrrole nitrogens is 1. The molecule has 1 aliphatic heterocycles. The molecular weight excluding hydrogens is 478 g/mol. The van der Waals surface area contributed by atoms with Crippen LogP contribution in [0, 0.1) is 5.92 Å². The SMILES string of the molecule is CC1CCC(OCCN(C)C(=O)Cn2cc(NC(=O)[C@H]3CCCO3)cn2)CC1.COc1cc(=O)cc[nH]1.[HH]. The highest BCUT2D eigenvalue weighted by atomic mass is 16.5. The molecule has 11 nitrogen and oxygen atoms in total. The zero-order chi connectivity index (χ0) is 26.6. The first-order valence-electron chi connectivity index (χ1n) is 12.9. The van der Waals surface area contributed by atoms with E-state index in [0.29, 0.717) is 37.4 Å². The molecule has 1 atom stereocenters. The van der Waals surface area contributed by atoms with Gasteiger partial charge in [0, 0.05) is 46.2 Å². The molecule has 4 rings (SSSR count). The number of nitrogens with one attached hydrogen (secondary N) is 2. The molecule has 0 radical (unpaired) electrons. The summed E-state index contributed by atoms with van der Waals surface area (Å²) in [6.07, 6.45) is 11.0. The van der Waals surface area contributed by atoms with E-state index in [4.69, 9.17) is 14.2 Å². The number of rotatable bonds is 9. The normalized spacial score (nSPS) is 21.0. The van der Waals surface area contributed by atoms with Gasteiger partial charge in [-0.25, -0.2) is 0 Å². The molecule has 206 valence electrons. The maximum Gasteiger partial charge on any atom is 0.253 e. The molecule has 2 aliphatic rings. The van der Waals surface area contributed by atoms with Gasteiger partial charge in [-0.15, -0.1) is 0 Å². The lowest BCUT2D eigenvalue weighted by molar-refractivity contribution is -0.131. The first-order valence-corrected chi connectivity index (χ1v) is 12.9. The van der Waals surface area contributed by atoms with Crippen molar-refractivity contribution in [2.45, 2.75) is 64.2 Å². The van der Waals surface area contributed by atoms with Gasteiger partial charge in [-0.1, -0.05) is 6.92 Å². The van der Waals surface area contributed by atoms with Crippen LogP contribution >= 0.6 is 0 Å². The summed E-state index contributed by atoms with van der Waals surface area (Å²) in [6, 6.07) is 2.82. The van der Waals surface area contributed by atoms with Crippen molar-refractivity contribution >= 4 is 17.5 Å². The highest BCUT2D eigenvalue weighted by Crippen LogP contribution is 2.25. The zero-order valence-electron chi connectivity index (χ0n) is 22.0. The van der Waals surface area contributed by atoms with Gasteiger partial charge in [0.15, 0.2) is 11.3 Å². The molecule has 1 saturated carbocycles. The number of hydrogen-bond donors (Lipinski definition) is 2. The summed E-state index contributed by atoms with van der Waals surface area (Å²) < 4.78 is 17.6. The van der Waals surface area contributed by atoms with Crippen LogP contribution in [0.3, 0.4) is 0 Å². The van der Waals surface area contributed by atoms with Gasteiger partial charge in [0.2, 0.25) is 5.91 Å². The zero-order valence-corrected chi connectivity index (χ0v) is 22.0. The largest absolute Gasteiger partial charge is 0.482 e. The Morgan fingerprint density at radius 1 is 1.30 bits per heavy atom. The number of likely N-dealkylation sites (N-methyl/N-ethyl adjacent to an activating group) is 1. The Kier molecular flexibility index (Phi) is 11.2. The quantitative estimate of drug-likeness (QED) is 0.521. The summed E-state index contributed by atoms with van der Waals surface area (Å²) >= 11 is 0. The highest BCUT2D eigenvalue weighted by molar-refractivity contribution is 5.94. The first-order chi connectivity index (χ1) is 17.8. The maximum absolute atomic E-state index is 12.4. The number of nitrogens with zero attached hydrogens (tertiary/aromatic N) is 3. The number of pyridine rings is 1. The molecule has 1 saturated heterocycles. The van der Waals surface area contributed by atoms with Crippen molar-refractivity contribution in [1.82, 2.24) is 19.7 Å². The monoisotopic (exact) mass is 519 g/mol. The van der Waals surface area contributed by atoms with Crippen LogP contribution in [-0.4, -0.2) is 77.6 Å². The Bertz CT molecular complexity index is 1050. The van der Waals surface area contributed by atoms with E-state index < -0.39 is 0 Å². The van der Waals surface area contributed by atoms with Gasteiger partial charge in [-0.3, -0.25) is 19.1 Å². The smallest absolute Gasteiger partial charge is 0.253 e. The minimum Gasteiger partial charge on any atom is -0.482 e. The number of anilines is 1. The van der Waals surface area contributed by atoms with Gasteiger partial charge in [0.25, 0.3) is 5.91 Å². The molecule has 2 amide bonds. The number of methoxy groups -OCH3 is 1. The van der Waals surface area contributed by atoms with Crippen molar-refractivity contribution in [2.75, 3.05) is 39.2 Å².